The molecule has 1 aliphatic rings. The van der Waals surface area contributed by atoms with Crippen molar-refractivity contribution in [3.05, 3.63) is 34.9 Å². The van der Waals surface area contributed by atoms with Crippen molar-refractivity contribution in [2.75, 3.05) is 7.05 Å². The van der Waals surface area contributed by atoms with Crippen LogP contribution >= 0.6 is 11.6 Å². The number of amidine groups is 1. The molecule has 0 aromatic heterocycles. The molecule has 2 nitrogen and oxygen atoms in total. The summed E-state index contributed by atoms with van der Waals surface area (Å²) in [6.45, 7) is 0.731. The molecule has 0 bridgehead atoms. The Morgan fingerprint density at radius 2 is 1.94 bits per heavy atom. The summed E-state index contributed by atoms with van der Waals surface area (Å²) < 4.78 is 0. The first kappa shape index (κ1) is 13.4. The molecule has 18 heavy (non-hydrogen) atoms. The Morgan fingerprint density at radius 1 is 1.28 bits per heavy atom. The summed E-state index contributed by atoms with van der Waals surface area (Å²) in [5, 5.41) is 9.08. The summed E-state index contributed by atoms with van der Waals surface area (Å²) in [7, 11) is 2.00. The molecule has 98 valence electrons. The smallest absolute Gasteiger partial charge is 0.0989 e. The van der Waals surface area contributed by atoms with E-state index in [-0.39, 0.29) is 0 Å². The summed E-state index contributed by atoms with van der Waals surface area (Å²) in [6, 6.07) is 7.89. The van der Waals surface area contributed by atoms with Crippen LogP contribution in [0.3, 0.4) is 0 Å². The van der Waals surface area contributed by atoms with E-state index >= 15 is 0 Å². The molecule has 1 aromatic carbocycles. The molecule has 0 amide bonds. The highest BCUT2D eigenvalue weighted by molar-refractivity contribution is 6.31. The zero-order valence-corrected chi connectivity index (χ0v) is 11.7. The van der Waals surface area contributed by atoms with E-state index in [1.165, 1.54) is 32.1 Å². The molecule has 0 spiro atoms. The van der Waals surface area contributed by atoms with E-state index in [1.54, 1.807) is 0 Å². The molecule has 0 aliphatic heterocycles. The van der Waals surface area contributed by atoms with Crippen LogP contribution < -0.4 is 0 Å². The molecule has 0 saturated heterocycles. The van der Waals surface area contributed by atoms with Crippen LogP contribution in [0, 0.1) is 11.3 Å². The maximum atomic E-state index is 8.29. The fraction of sp³-hybridized carbons (Fsp3) is 0.533. The van der Waals surface area contributed by atoms with Crippen LogP contribution in [-0.2, 0) is 6.54 Å². The fourth-order valence-corrected chi connectivity index (χ4v) is 2.85. The summed E-state index contributed by atoms with van der Waals surface area (Å²) in [5.74, 6) is 1.22. The van der Waals surface area contributed by atoms with Crippen molar-refractivity contribution in [2.45, 2.75) is 38.6 Å². The van der Waals surface area contributed by atoms with Crippen LogP contribution in [0.2, 0.25) is 5.02 Å². The lowest BCUT2D eigenvalue weighted by atomic mass is 9.88. The van der Waals surface area contributed by atoms with Gasteiger partial charge in [0, 0.05) is 24.5 Å². The molecule has 1 fully saturated rings. The maximum Gasteiger partial charge on any atom is 0.0989 e. The van der Waals surface area contributed by atoms with E-state index in [9.17, 15) is 0 Å². The van der Waals surface area contributed by atoms with Crippen molar-refractivity contribution in [2.24, 2.45) is 5.92 Å². The molecule has 1 N–H and O–H groups in total. The fourth-order valence-electron chi connectivity index (χ4n) is 2.66. The maximum absolute atomic E-state index is 8.29. The van der Waals surface area contributed by atoms with E-state index in [0.717, 1.165) is 23.0 Å². The Labute approximate surface area is 114 Å². The first-order valence-corrected chi connectivity index (χ1v) is 7.09. The normalized spacial score (nSPS) is 16.6. The van der Waals surface area contributed by atoms with Gasteiger partial charge in [0.1, 0.15) is 0 Å². The van der Waals surface area contributed by atoms with Crippen molar-refractivity contribution in [1.29, 1.82) is 5.41 Å². The highest BCUT2D eigenvalue weighted by atomic mass is 35.5. The van der Waals surface area contributed by atoms with Crippen LogP contribution in [0.5, 0.6) is 0 Å². The first-order valence-electron chi connectivity index (χ1n) is 6.71. The molecule has 1 aromatic rings. The van der Waals surface area contributed by atoms with E-state index in [0.29, 0.717) is 5.92 Å². The van der Waals surface area contributed by atoms with Gasteiger partial charge in [-0.3, -0.25) is 5.41 Å². The van der Waals surface area contributed by atoms with Gasteiger partial charge in [-0.2, -0.15) is 0 Å². The van der Waals surface area contributed by atoms with Crippen LogP contribution in [0.4, 0.5) is 0 Å². The molecule has 1 aliphatic carbocycles. The highest BCUT2D eigenvalue weighted by Gasteiger charge is 2.21. The second kappa shape index (κ2) is 6.24. The van der Waals surface area contributed by atoms with Gasteiger partial charge in [0.05, 0.1) is 5.84 Å². The van der Waals surface area contributed by atoms with Gasteiger partial charge in [-0.05, 0) is 24.5 Å². The highest BCUT2D eigenvalue weighted by Crippen LogP contribution is 2.26. The number of nitrogens with one attached hydrogen (secondary N) is 1. The van der Waals surface area contributed by atoms with Gasteiger partial charge < -0.3 is 4.90 Å². The van der Waals surface area contributed by atoms with Gasteiger partial charge in [0.2, 0.25) is 0 Å². The lowest BCUT2D eigenvalue weighted by Crippen LogP contribution is -2.33. The number of halogens is 1. The molecule has 0 atom stereocenters. The Kier molecular flexibility index (Phi) is 4.65. The second-order valence-corrected chi connectivity index (χ2v) is 5.57. The van der Waals surface area contributed by atoms with Gasteiger partial charge in [0.25, 0.3) is 0 Å². The van der Waals surface area contributed by atoms with Crippen molar-refractivity contribution in [3.8, 4) is 0 Å². The first-order chi connectivity index (χ1) is 8.68. The largest absolute Gasteiger partial charge is 0.359 e. The number of hydrogen-bond acceptors (Lipinski definition) is 1. The third-order valence-electron chi connectivity index (χ3n) is 3.77. The summed E-state index contributed by atoms with van der Waals surface area (Å²) >= 11 is 6.16. The van der Waals surface area contributed by atoms with Crippen molar-refractivity contribution in [1.82, 2.24) is 4.90 Å². The minimum absolute atomic E-state index is 0.450. The molecule has 2 rings (SSSR count). The van der Waals surface area contributed by atoms with Crippen molar-refractivity contribution in [3.63, 3.8) is 0 Å². The standard InChI is InChI=1S/C15H21ClN2/c1-18(11-13-9-5-6-10-14(13)16)15(17)12-7-3-2-4-8-12/h5-6,9-10,12,17H,2-4,7-8,11H2,1H3. The number of hydrogen-bond donors (Lipinski definition) is 1. The predicted octanol–water partition coefficient (Wildman–Crippen LogP) is 4.33. The number of rotatable bonds is 3. The summed E-state index contributed by atoms with van der Waals surface area (Å²) in [5.41, 5.74) is 1.10. The molecule has 1 saturated carbocycles. The number of nitrogens with zero attached hydrogens (tertiary/aromatic N) is 1. The third-order valence-corrected chi connectivity index (χ3v) is 4.14. The monoisotopic (exact) mass is 264 g/mol. The van der Waals surface area contributed by atoms with Crippen molar-refractivity contribution < 1.29 is 0 Å². The lowest BCUT2D eigenvalue weighted by molar-refractivity contribution is 0.382. The van der Waals surface area contributed by atoms with Gasteiger partial charge in [-0.1, -0.05) is 49.1 Å². The van der Waals surface area contributed by atoms with Gasteiger partial charge in [-0.25, -0.2) is 0 Å². The van der Waals surface area contributed by atoms with Crippen LogP contribution in [-0.4, -0.2) is 17.8 Å². The topological polar surface area (TPSA) is 27.1 Å². The average Bonchev–Trinajstić information content (AvgIpc) is 2.41. The molecule has 0 radical (unpaired) electrons. The molecule has 0 heterocycles. The Morgan fingerprint density at radius 3 is 2.61 bits per heavy atom. The minimum atomic E-state index is 0.450. The quantitative estimate of drug-likeness (QED) is 0.639. The van der Waals surface area contributed by atoms with Crippen molar-refractivity contribution >= 4 is 17.4 Å². The van der Waals surface area contributed by atoms with Crippen LogP contribution in [0.15, 0.2) is 24.3 Å². The lowest BCUT2D eigenvalue weighted by Gasteiger charge is -2.29. The molecular weight excluding hydrogens is 244 g/mol. The molecular formula is C15H21ClN2. The molecule has 3 heteroatoms. The Hall–Kier alpha value is -1.02. The van der Waals surface area contributed by atoms with Gasteiger partial charge in [-0.15, -0.1) is 0 Å². The summed E-state index contributed by atoms with van der Waals surface area (Å²) in [4.78, 5) is 2.04. The summed E-state index contributed by atoms with van der Waals surface area (Å²) in [6.07, 6.45) is 6.22. The predicted molar refractivity (Wildman–Crippen MR) is 77.2 cm³/mol. The zero-order valence-electron chi connectivity index (χ0n) is 11.0. The Balaban J connectivity index is 1.96. The Bertz CT molecular complexity index is 411. The number of benzene rings is 1. The molecule has 0 unspecified atom stereocenters. The second-order valence-electron chi connectivity index (χ2n) is 5.17. The van der Waals surface area contributed by atoms with Gasteiger partial charge >= 0.3 is 0 Å². The van der Waals surface area contributed by atoms with Crippen LogP contribution in [0.25, 0.3) is 0 Å². The van der Waals surface area contributed by atoms with E-state index < -0.39 is 0 Å². The SMILES string of the molecule is CN(Cc1ccccc1Cl)C(=N)C1CCCCC1. The minimum Gasteiger partial charge on any atom is -0.359 e. The third kappa shape index (κ3) is 3.26. The van der Waals surface area contributed by atoms with E-state index in [4.69, 9.17) is 17.0 Å². The van der Waals surface area contributed by atoms with E-state index in [2.05, 4.69) is 0 Å². The van der Waals surface area contributed by atoms with Gasteiger partial charge in [0.15, 0.2) is 0 Å². The van der Waals surface area contributed by atoms with Crippen LogP contribution in [0.1, 0.15) is 37.7 Å². The zero-order chi connectivity index (χ0) is 13.0. The van der Waals surface area contributed by atoms with E-state index in [1.807, 2.05) is 36.2 Å². The average molecular weight is 265 g/mol.